The Morgan fingerprint density at radius 2 is 2.29 bits per heavy atom. The number of nitrogens with zero attached hydrogens (tertiary/aromatic N) is 4. The average molecular weight is 239 g/mol. The van der Waals surface area contributed by atoms with Crippen molar-refractivity contribution in [2.24, 2.45) is 5.92 Å². The van der Waals surface area contributed by atoms with Crippen molar-refractivity contribution in [3.63, 3.8) is 0 Å². The monoisotopic (exact) mass is 239 g/mol. The molecule has 8 nitrogen and oxygen atoms in total. The number of aromatic nitrogens is 4. The summed E-state index contributed by atoms with van der Waals surface area (Å²) in [7, 11) is 0. The zero-order valence-corrected chi connectivity index (χ0v) is 9.11. The molecule has 0 saturated heterocycles. The third-order valence-electron chi connectivity index (χ3n) is 2.84. The number of tetrazole rings is 1. The van der Waals surface area contributed by atoms with Gasteiger partial charge in [0.1, 0.15) is 12.9 Å². The number of carbonyl (C=O) groups excluding carboxylic acids is 1. The predicted octanol–water partition coefficient (Wildman–Crippen LogP) is -0.957. The number of hydrogen-bond acceptors (Lipinski definition) is 5. The van der Waals surface area contributed by atoms with Crippen molar-refractivity contribution in [1.29, 1.82) is 0 Å². The van der Waals surface area contributed by atoms with Crippen LogP contribution < -0.4 is 5.32 Å². The lowest BCUT2D eigenvalue weighted by molar-refractivity contribution is -0.141. The van der Waals surface area contributed by atoms with E-state index < -0.39 is 5.97 Å². The first kappa shape index (κ1) is 11.5. The maximum absolute atomic E-state index is 11.6. The van der Waals surface area contributed by atoms with Crippen LogP contribution in [-0.2, 0) is 16.1 Å². The molecule has 0 bridgehead atoms. The Balaban J connectivity index is 1.78. The van der Waals surface area contributed by atoms with Crippen molar-refractivity contribution in [3.8, 4) is 0 Å². The molecule has 0 radical (unpaired) electrons. The first-order chi connectivity index (χ1) is 8.15. The molecular formula is C9H13N5O3. The van der Waals surface area contributed by atoms with Crippen LogP contribution in [0, 0.1) is 5.92 Å². The molecule has 1 aromatic heterocycles. The number of carboxylic acid groups (broad SMARTS) is 1. The van der Waals surface area contributed by atoms with Gasteiger partial charge >= 0.3 is 5.97 Å². The number of carboxylic acids is 1. The first-order valence-corrected chi connectivity index (χ1v) is 5.38. The van der Waals surface area contributed by atoms with Crippen LogP contribution in [-0.4, -0.2) is 43.2 Å². The molecule has 1 saturated carbocycles. The topological polar surface area (TPSA) is 110 Å². The molecule has 1 aromatic rings. The summed E-state index contributed by atoms with van der Waals surface area (Å²) in [6.45, 7) is 0.0568. The van der Waals surface area contributed by atoms with Crippen molar-refractivity contribution < 1.29 is 14.7 Å². The lowest BCUT2D eigenvalue weighted by atomic mass is 10.1. The van der Waals surface area contributed by atoms with Gasteiger partial charge in [0.05, 0.1) is 5.92 Å². The Morgan fingerprint density at radius 3 is 2.88 bits per heavy atom. The molecule has 2 N–H and O–H groups in total. The van der Waals surface area contributed by atoms with E-state index in [1.807, 2.05) is 0 Å². The molecule has 2 atom stereocenters. The molecule has 0 aromatic carbocycles. The maximum Gasteiger partial charge on any atom is 0.306 e. The minimum atomic E-state index is -0.790. The van der Waals surface area contributed by atoms with Gasteiger partial charge in [-0.2, -0.15) is 0 Å². The van der Waals surface area contributed by atoms with E-state index in [4.69, 9.17) is 5.11 Å². The number of amides is 1. The van der Waals surface area contributed by atoms with E-state index in [0.717, 1.165) is 0 Å². The lowest BCUT2D eigenvalue weighted by Gasteiger charge is -2.11. The number of carbonyl (C=O) groups is 2. The fourth-order valence-electron chi connectivity index (χ4n) is 2.01. The third kappa shape index (κ3) is 2.99. The summed E-state index contributed by atoms with van der Waals surface area (Å²) in [6, 6.07) is -0.0555. The molecule has 1 aliphatic rings. The summed E-state index contributed by atoms with van der Waals surface area (Å²) in [6.07, 6.45) is 3.18. The maximum atomic E-state index is 11.6. The normalized spacial score (nSPS) is 23.5. The summed E-state index contributed by atoms with van der Waals surface area (Å²) in [5, 5.41) is 22.0. The highest BCUT2D eigenvalue weighted by atomic mass is 16.4. The van der Waals surface area contributed by atoms with Gasteiger partial charge in [0.15, 0.2) is 0 Å². The zero-order chi connectivity index (χ0) is 12.3. The van der Waals surface area contributed by atoms with Crippen LogP contribution in [0.3, 0.4) is 0 Å². The van der Waals surface area contributed by atoms with Gasteiger partial charge in [-0.15, -0.1) is 5.10 Å². The molecule has 2 rings (SSSR count). The van der Waals surface area contributed by atoms with E-state index in [2.05, 4.69) is 20.8 Å². The molecule has 1 aliphatic carbocycles. The quantitative estimate of drug-likeness (QED) is 0.700. The van der Waals surface area contributed by atoms with E-state index in [1.54, 1.807) is 0 Å². The molecule has 92 valence electrons. The molecular weight excluding hydrogens is 226 g/mol. The van der Waals surface area contributed by atoms with Gasteiger partial charge < -0.3 is 10.4 Å². The Morgan fingerprint density at radius 1 is 1.47 bits per heavy atom. The van der Waals surface area contributed by atoms with E-state index in [9.17, 15) is 9.59 Å². The van der Waals surface area contributed by atoms with Gasteiger partial charge in [-0.3, -0.25) is 9.59 Å². The van der Waals surface area contributed by atoms with Crippen molar-refractivity contribution in [1.82, 2.24) is 25.5 Å². The van der Waals surface area contributed by atoms with E-state index in [-0.39, 0.29) is 24.4 Å². The highest BCUT2D eigenvalue weighted by Crippen LogP contribution is 2.25. The van der Waals surface area contributed by atoms with Gasteiger partial charge in [-0.1, -0.05) is 0 Å². The molecule has 0 aliphatic heterocycles. The van der Waals surface area contributed by atoms with Gasteiger partial charge in [-0.25, -0.2) is 4.68 Å². The second kappa shape index (κ2) is 4.89. The predicted molar refractivity (Wildman–Crippen MR) is 54.7 cm³/mol. The van der Waals surface area contributed by atoms with Gasteiger partial charge in [-0.05, 0) is 29.7 Å². The molecule has 1 amide bonds. The smallest absolute Gasteiger partial charge is 0.306 e. The van der Waals surface area contributed by atoms with Crippen LogP contribution in [0.2, 0.25) is 0 Å². The Kier molecular flexibility index (Phi) is 3.31. The minimum absolute atomic E-state index is 0.0555. The third-order valence-corrected chi connectivity index (χ3v) is 2.84. The van der Waals surface area contributed by atoms with Crippen LogP contribution in [0.4, 0.5) is 0 Å². The number of rotatable bonds is 4. The molecule has 8 heteroatoms. The second-order valence-corrected chi connectivity index (χ2v) is 4.12. The SMILES string of the molecule is O=C(Cn1cnnn1)NC1CCC(C(=O)O)C1. The second-order valence-electron chi connectivity index (χ2n) is 4.12. The largest absolute Gasteiger partial charge is 0.481 e. The van der Waals surface area contributed by atoms with Crippen molar-refractivity contribution in [3.05, 3.63) is 6.33 Å². The number of aliphatic carboxylic acids is 1. The lowest BCUT2D eigenvalue weighted by Crippen LogP contribution is -2.35. The summed E-state index contributed by atoms with van der Waals surface area (Å²) in [5.41, 5.74) is 0. The van der Waals surface area contributed by atoms with Gasteiger partial charge in [0, 0.05) is 6.04 Å². The van der Waals surface area contributed by atoms with Crippen molar-refractivity contribution >= 4 is 11.9 Å². The van der Waals surface area contributed by atoms with E-state index >= 15 is 0 Å². The van der Waals surface area contributed by atoms with Crippen molar-refractivity contribution in [2.45, 2.75) is 31.8 Å². The summed E-state index contributed by atoms with van der Waals surface area (Å²) >= 11 is 0. The highest BCUT2D eigenvalue weighted by molar-refractivity contribution is 5.76. The van der Waals surface area contributed by atoms with Crippen molar-refractivity contribution in [2.75, 3.05) is 0 Å². The molecule has 17 heavy (non-hydrogen) atoms. The Bertz CT molecular complexity index is 405. The minimum Gasteiger partial charge on any atom is -0.481 e. The fourth-order valence-corrected chi connectivity index (χ4v) is 2.01. The van der Waals surface area contributed by atoms with Crippen LogP contribution in [0.5, 0.6) is 0 Å². The Labute approximate surface area is 97.0 Å². The summed E-state index contributed by atoms with van der Waals surface area (Å²) < 4.78 is 1.32. The molecule has 1 heterocycles. The zero-order valence-electron chi connectivity index (χ0n) is 9.11. The van der Waals surface area contributed by atoms with E-state index in [0.29, 0.717) is 19.3 Å². The first-order valence-electron chi connectivity index (χ1n) is 5.38. The Hall–Kier alpha value is -1.99. The van der Waals surface area contributed by atoms with Gasteiger partial charge in [0.2, 0.25) is 5.91 Å². The van der Waals surface area contributed by atoms with Crippen LogP contribution >= 0.6 is 0 Å². The fraction of sp³-hybridized carbons (Fsp3) is 0.667. The molecule has 1 fully saturated rings. The molecule has 0 spiro atoms. The summed E-state index contributed by atoms with van der Waals surface area (Å²) in [4.78, 5) is 22.3. The highest BCUT2D eigenvalue weighted by Gasteiger charge is 2.30. The summed E-state index contributed by atoms with van der Waals surface area (Å²) in [5.74, 6) is -1.33. The van der Waals surface area contributed by atoms with E-state index in [1.165, 1.54) is 11.0 Å². The number of hydrogen-bond donors (Lipinski definition) is 2. The van der Waals surface area contributed by atoms with Crippen LogP contribution in [0.1, 0.15) is 19.3 Å². The van der Waals surface area contributed by atoms with Gasteiger partial charge in [0.25, 0.3) is 0 Å². The molecule has 2 unspecified atom stereocenters. The van der Waals surface area contributed by atoms with Crippen LogP contribution in [0.15, 0.2) is 6.33 Å². The van der Waals surface area contributed by atoms with Crippen LogP contribution in [0.25, 0.3) is 0 Å². The average Bonchev–Trinajstić information content (AvgIpc) is 2.88. The standard InChI is InChI=1S/C9H13N5O3/c15-8(4-14-5-10-12-13-14)11-7-2-1-6(3-7)9(16)17/h5-7H,1-4H2,(H,11,15)(H,16,17). The number of nitrogens with one attached hydrogen (secondary N) is 1.